The quantitative estimate of drug-likeness (QED) is 0.881. The maximum atomic E-state index is 11.3. The lowest BCUT2D eigenvalue weighted by molar-refractivity contribution is 0.286. The number of nitrogens with two attached hydrogens (primary N) is 1. The number of hydrogen-bond acceptors (Lipinski definition) is 4. The average Bonchev–Trinajstić information content (AvgIpc) is 2.41. The number of hydrogen-bond donors (Lipinski definition) is 1. The molecule has 1 aromatic rings. The van der Waals surface area contributed by atoms with Crippen LogP contribution in [0.1, 0.15) is 24.4 Å². The Balaban J connectivity index is 1.70. The summed E-state index contributed by atoms with van der Waals surface area (Å²) in [4.78, 5) is 2.22. The number of nitrogens with zero attached hydrogens (tertiary/aromatic N) is 1. The van der Waals surface area contributed by atoms with Gasteiger partial charge in [0, 0.05) is 19.1 Å². The smallest absolute Gasteiger partial charge is 0.152 e. The third-order valence-corrected chi connectivity index (χ3v) is 5.26. The highest BCUT2D eigenvalue weighted by molar-refractivity contribution is 7.91. The second-order valence-electron chi connectivity index (χ2n) is 5.15. The van der Waals surface area contributed by atoms with Crippen molar-refractivity contribution in [3.05, 3.63) is 35.9 Å². The Kier molecular flexibility index (Phi) is 4.96. The molecule has 0 aromatic heterocycles. The summed E-state index contributed by atoms with van der Waals surface area (Å²) in [6, 6.07) is 10.2. The van der Waals surface area contributed by atoms with Gasteiger partial charge in [0.05, 0.1) is 11.5 Å². The Labute approximate surface area is 115 Å². The first-order chi connectivity index (χ1) is 9.07. The Bertz CT molecular complexity index is 473. The van der Waals surface area contributed by atoms with Crippen LogP contribution in [0.25, 0.3) is 0 Å². The summed E-state index contributed by atoms with van der Waals surface area (Å²) in [5.41, 5.74) is 7.31. The Morgan fingerprint density at radius 3 is 2.42 bits per heavy atom. The van der Waals surface area contributed by atoms with Gasteiger partial charge >= 0.3 is 0 Å². The molecule has 1 aliphatic heterocycles. The van der Waals surface area contributed by atoms with Crippen LogP contribution in [0.5, 0.6) is 0 Å². The van der Waals surface area contributed by atoms with Gasteiger partial charge in [-0.2, -0.15) is 0 Å². The standard InChI is InChI=1S/C14H22N2O2S/c15-14(13-5-2-1-3-6-13)7-4-8-16-9-11-19(17,18)12-10-16/h1-3,5-6,14H,4,7-12,15H2. The van der Waals surface area contributed by atoms with Crippen LogP contribution >= 0.6 is 0 Å². The molecule has 1 heterocycles. The number of benzene rings is 1. The molecule has 2 rings (SSSR count). The fraction of sp³-hybridized carbons (Fsp3) is 0.571. The molecule has 1 aliphatic rings. The van der Waals surface area contributed by atoms with Gasteiger partial charge in [0.25, 0.3) is 0 Å². The van der Waals surface area contributed by atoms with Crippen molar-refractivity contribution in [2.75, 3.05) is 31.1 Å². The minimum atomic E-state index is -2.77. The minimum Gasteiger partial charge on any atom is -0.324 e. The molecule has 0 amide bonds. The van der Waals surface area contributed by atoms with E-state index in [9.17, 15) is 8.42 Å². The molecule has 0 bridgehead atoms. The van der Waals surface area contributed by atoms with Crippen molar-refractivity contribution >= 4 is 9.84 Å². The molecule has 0 spiro atoms. The molecule has 4 nitrogen and oxygen atoms in total. The molecule has 19 heavy (non-hydrogen) atoms. The molecule has 0 radical (unpaired) electrons. The summed E-state index contributed by atoms with van der Waals surface area (Å²) < 4.78 is 22.6. The van der Waals surface area contributed by atoms with E-state index in [0.717, 1.165) is 19.4 Å². The first-order valence-corrected chi connectivity index (χ1v) is 8.62. The summed E-state index contributed by atoms with van der Waals surface area (Å²) in [6.07, 6.45) is 1.95. The normalized spacial score (nSPS) is 21.1. The van der Waals surface area contributed by atoms with Gasteiger partial charge in [-0.3, -0.25) is 0 Å². The van der Waals surface area contributed by atoms with Gasteiger partial charge in [0.2, 0.25) is 0 Å². The minimum absolute atomic E-state index is 0.0784. The van der Waals surface area contributed by atoms with Gasteiger partial charge in [-0.25, -0.2) is 8.42 Å². The summed E-state index contributed by atoms with van der Waals surface area (Å²) in [5, 5.41) is 0. The summed E-state index contributed by atoms with van der Waals surface area (Å²) >= 11 is 0. The number of rotatable bonds is 5. The van der Waals surface area contributed by atoms with Crippen LogP contribution in [0.15, 0.2) is 30.3 Å². The van der Waals surface area contributed by atoms with E-state index in [1.54, 1.807) is 0 Å². The van der Waals surface area contributed by atoms with Crippen LogP contribution in [-0.4, -0.2) is 44.5 Å². The maximum Gasteiger partial charge on any atom is 0.152 e. The lowest BCUT2D eigenvalue weighted by Gasteiger charge is -2.26. The third-order valence-electron chi connectivity index (χ3n) is 3.65. The van der Waals surface area contributed by atoms with Crippen LogP contribution < -0.4 is 5.73 Å². The highest BCUT2D eigenvalue weighted by Gasteiger charge is 2.21. The monoisotopic (exact) mass is 282 g/mol. The van der Waals surface area contributed by atoms with Crippen molar-refractivity contribution in [3.8, 4) is 0 Å². The molecule has 1 saturated heterocycles. The largest absolute Gasteiger partial charge is 0.324 e. The van der Waals surface area contributed by atoms with Gasteiger partial charge in [0.1, 0.15) is 0 Å². The van der Waals surface area contributed by atoms with E-state index >= 15 is 0 Å². The molecule has 5 heteroatoms. The van der Waals surface area contributed by atoms with Crippen LogP contribution in [0.3, 0.4) is 0 Å². The zero-order chi connectivity index (χ0) is 13.7. The van der Waals surface area contributed by atoms with Crippen molar-refractivity contribution in [1.29, 1.82) is 0 Å². The first kappa shape index (κ1) is 14.5. The topological polar surface area (TPSA) is 63.4 Å². The highest BCUT2D eigenvalue weighted by Crippen LogP contribution is 2.15. The fourth-order valence-corrected chi connectivity index (χ4v) is 3.65. The van der Waals surface area contributed by atoms with E-state index in [1.165, 1.54) is 5.56 Å². The summed E-state index contributed by atoms with van der Waals surface area (Å²) in [5.74, 6) is 0.607. The van der Waals surface area contributed by atoms with E-state index in [2.05, 4.69) is 17.0 Å². The van der Waals surface area contributed by atoms with Gasteiger partial charge in [-0.05, 0) is 24.9 Å². The Morgan fingerprint density at radius 2 is 1.79 bits per heavy atom. The second kappa shape index (κ2) is 6.50. The summed E-state index contributed by atoms with van der Waals surface area (Å²) in [7, 11) is -2.77. The predicted molar refractivity (Wildman–Crippen MR) is 77.7 cm³/mol. The highest BCUT2D eigenvalue weighted by atomic mass is 32.2. The molecule has 0 saturated carbocycles. The van der Waals surface area contributed by atoms with Gasteiger partial charge in [-0.15, -0.1) is 0 Å². The molecule has 106 valence electrons. The summed E-state index contributed by atoms with van der Waals surface area (Å²) in [6.45, 7) is 2.28. The lowest BCUT2D eigenvalue weighted by atomic mass is 10.0. The zero-order valence-electron chi connectivity index (χ0n) is 11.2. The van der Waals surface area contributed by atoms with Crippen molar-refractivity contribution in [3.63, 3.8) is 0 Å². The molecular weight excluding hydrogens is 260 g/mol. The molecule has 1 atom stereocenters. The number of sulfone groups is 1. The van der Waals surface area contributed by atoms with E-state index in [0.29, 0.717) is 24.6 Å². The second-order valence-corrected chi connectivity index (χ2v) is 7.46. The molecule has 0 aliphatic carbocycles. The average molecular weight is 282 g/mol. The van der Waals surface area contributed by atoms with E-state index in [4.69, 9.17) is 5.73 Å². The Morgan fingerprint density at radius 1 is 1.16 bits per heavy atom. The molecule has 1 aromatic carbocycles. The van der Waals surface area contributed by atoms with Crippen molar-refractivity contribution < 1.29 is 8.42 Å². The molecule has 2 N–H and O–H groups in total. The van der Waals surface area contributed by atoms with Crippen LogP contribution in [0.2, 0.25) is 0 Å². The van der Waals surface area contributed by atoms with Gasteiger partial charge in [0.15, 0.2) is 9.84 Å². The fourth-order valence-electron chi connectivity index (χ4n) is 2.38. The van der Waals surface area contributed by atoms with Crippen molar-refractivity contribution in [2.24, 2.45) is 5.73 Å². The maximum absolute atomic E-state index is 11.3. The molecular formula is C14H22N2O2S. The van der Waals surface area contributed by atoms with Gasteiger partial charge in [-0.1, -0.05) is 30.3 Å². The third kappa shape index (κ3) is 4.60. The molecule has 1 fully saturated rings. The predicted octanol–water partition coefficient (Wildman–Crippen LogP) is 1.20. The van der Waals surface area contributed by atoms with Gasteiger partial charge < -0.3 is 10.6 Å². The van der Waals surface area contributed by atoms with E-state index in [1.807, 2.05) is 18.2 Å². The lowest BCUT2D eigenvalue weighted by Crippen LogP contribution is -2.40. The van der Waals surface area contributed by atoms with E-state index in [-0.39, 0.29) is 6.04 Å². The van der Waals surface area contributed by atoms with Crippen molar-refractivity contribution in [2.45, 2.75) is 18.9 Å². The first-order valence-electron chi connectivity index (χ1n) is 6.80. The van der Waals surface area contributed by atoms with Crippen molar-refractivity contribution in [1.82, 2.24) is 4.90 Å². The zero-order valence-corrected chi connectivity index (χ0v) is 12.0. The SMILES string of the molecule is NC(CCCN1CCS(=O)(=O)CC1)c1ccccc1. The van der Waals surface area contributed by atoms with Crippen LogP contribution in [0, 0.1) is 0 Å². The van der Waals surface area contributed by atoms with Crippen LogP contribution in [-0.2, 0) is 9.84 Å². The molecule has 1 unspecified atom stereocenters. The van der Waals surface area contributed by atoms with E-state index < -0.39 is 9.84 Å². The van der Waals surface area contributed by atoms with Crippen LogP contribution in [0.4, 0.5) is 0 Å². The Hall–Kier alpha value is -0.910.